The van der Waals surface area contributed by atoms with Crippen molar-refractivity contribution < 1.29 is 0 Å². The zero-order chi connectivity index (χ0) is 14.5. The Balaban J connectivity index is 1.80. The van der Waals surface area contributed by atoms with Crippen LogP contribution >= 0.6 is 0 Å². The summed E-state index contributed by atoms with van der Waals surface area (Å²) in [5.74, 6) is 0. The van der Waals surface area contributed by atoms with E-state index in [0.29, 0.717) is 0 Å². The highest BCUT2D eigenvalue weighted by Crippen LogP contribution is 2.16. The molecular formula is C17H29N3. The molecule has 1 aromatic carbocycles. The van der Waals surface area contributed by atoms with E-state index in [1.165, 1.54) is 49.2 Å². The minimum absolute atomic E-state index is 0.109. The van der Waals surface area contributed by atoms with Gasteiger partial charge in [-0.2, -0.15) is 0 Å². The molecule has 0 saturated carbocycles. The number of aryl methyl sites for hydroxylation is 2. The maximum atomic E-state index is 6.34. The molecule has 1 saturated heterocycles. The number of nitrogens with two attached hydrogens (primary N) is 1. The summed E-state index contributed by atoms with van der Waals surface area (Å²) < 4.78 is 0. The van der Waals surface area contributed by atoms with Gasteiger partial charge in [0.1, 0.15) is 0 Å². The maximum Gasteiger partial charge on any atom is 0.0424 e. The second-order valence-electron chi connectivity index (χ2n) is 6.26. The Morgan fingerprint density at radius 3 is 2.55 bits per heavy atom. The zero-order valence-corrected chi connectivity index (χ0v) is 13.2. The van der Waals surface area contributed by atoms with Crippen molar-refractivity contribution in [3.8, 4) is 0 Å². The van der Waals surface area contributed by atoms with Crippen LogP contribution in [0.4, 0.5) is 0 Å². The average Bonchev–Trinajstić information content (AvgIpc) is 2.92. The van der Waals surface area contributed by atoms with Crippen molar-refractivity contribution in [2.45, 2.75) is 32.7 Å². The van der Waals surface area contributed by atoms with Gasteiger partial charge >= 0.3 is 0 Å². The van der Waals surface area contributed by atoms with E-state index in [0.717, 1.165) is 13.1 Å². The van der Waals surface area contributed by atoms with E-state index in [9.17, 15) is 0 Å². The van der Waals surface area contributed by atoms with Gasteiger partial charge in [-0.3, -0.25) is 0 Å². The number of likely N-dealkylation sites (tertiary alicyclic amines) is 1. The molecule has 0 bridgehead atoms. The molecule has 0 spiro atoms. The molecule has 1 unspecified atom stereocenters. The van der Waals surface area contributed by atoms with Gasteiger partial charge in [-0.05, 0) is 63.5 Å². The molecule has 2 N–H and O–H groups in total. The third-order valence-corrected chi connectivity index (χ3v) is 4.46. The first kappa shape index (κ1) is 15.5. The normalized spacial score (nSPS) is 17.9. The number of nitrogens with zero attached hydrogens (tertiary/aromatic N) is 2. The van der Waals surface area contributed by atoms with E-state index in [1.54, 1.807) is 0 Å². The van der Waals surface area contributed by atoms with Crippen LogP contribution in [0.15, 0.2) is 18.2 Å². The molecule has 2 rings (SSSR count). The minimum atomic E-state index is 0.109. The van der Waals surface area contributed by atoms with Crippen LogP contribution in [0.1, 0.15) is 35.6 Å². The number of likely N-dealkylation sites (N-methyl/N-ethyl adjacent to an activating group) is 1. The van der Waals surface area contributed by atoms with Gasteiger partial charge in [0, 0.05) is 25.7 Å². The molecule has 1 fully saturated rings. The fourth-order valence-corrected chi connectivity index (χ4v) is 2.85. The molecule has 1 heterocycles. The highest BCUT2D eigenvalue weighted by Gasteiger charge is 2.14. The van der Waals surface area contributed by atoms with Crippen LogP contribution in [-0.2, 0) is 0 Å². The van der Waals surface area contributed by atoms with Crippen molar-refractivity contribution in [1.82, 2.24) is 9.80 Å². The molecule has 3 heteroatoms. The number of hydrogen-bond acceptors (Lipinski definition) is 3. The van der Waals surface area contributed by atoms with E-state index >= 15 is 0 Å². The fourth-order valence-electron chi connectivity index (χ4n) is 2.85. The van der Waals surface area contributed by atoms with Crippen LogP contribution < -0.4 is 5.73 Å². The van der Waals surface area contributed by atoms with Crippen molar-refractivity contribution in [2.24, 2.45) is 5.73 Å². The Bertz CT molecular complexity index is 424. The van der Waals surface area contributed by atoms with Crippen molar-refractivity contribution >= 4 is 0 Å². The SMILES string of the molecule is Cc1ccc(C(N)CN(C)CCN2CCCC2)cc1C. The molecular weight excluding hydrogens is 246 g/mol. The van der Waals surface area contributed by atoms with Gasteiger partial charge in [0.05, 0.1) is 0 Å². The minimum Gasteiger partial charge on any atom is -0.323 e. The third kappa shape index (κ3) is 4.30. The van der Waals surface area contributed by atoms with Gasteiger partial charge in [0.2, 0.25) is 0 Å². The van der Waals surface area contributed by atoms with Gasteiger partial charge in [0.25, 0.3) is 0 Å². The first-order valence-electron chi connectivity index (χ1n) is 7.80. The van der Waals surface area contributed by atoms with Gasteiger partial charge in [-0.25, -0.2) is 0 Å². The summed E-state index contributed by atoms with van der Waals surface area (Å²) in [6.07, 6.45) is 2.73. The Labute approximate surface area is 123 Å². The highest BCUT2D eigenvalue weighted by molar-refractivity contribution is 5.31. The summed E-state index contributed by atoms with van der Waals surface area (Å²) >= 11 is 0. The quantitative estimate of drug-likeness (QED) is 0.865. The molecule has 112 valence electrons. The first-order valence-corrected chi connectivity index (χ1v) is 7.80. The van der Waals surface area contributed by atoms with Crippen molar-refractivity contribution in [3.63, 3.8) is 0 Å². The monoisotopic (exact) mass is 275 g/mol. The summed E-state index contributed by atoms with van der Waals surface area (Å²) in [6.45, 7) is 10.1. The predicted octanol–water partition coefficient (Wildman–Crippen LogP) is 2.33. The third-order valence-electron chi connectivity index (χ3n) is 4.46. The van der Waals surface area contributed by atoms with Gasteiger partial charge < -0.3 is 15.5 Å². The van der Waals surface area contributed by atoms with Crippen molar-refractivity contribution in [3.05, 3.63) is 34.9 Å². The summed E-state index contributed by atoms with van der Waals surface area (Å²) in [4.78, 5) is 4.91. The Kier molecular flexibility index (Phi) is 5.58. The van der Waals surface area contributed by atoms with Crippen LogP contribution in [0.25, 0.3) is 0 Å². The van der Waals surface area contributed by atoms with Gasteiger partial charge in [-0.15, -0.1) is 0 Å². The summed E-state index contributed by atoms with van der Waals surface area (Å²) in [5.41, 5.74) is 10.3. The molecule has 3 nitrogen and oxygen atoms in total. The molecule has 1 aliphatic rings. The Hall–Kier alpha value is -0.900. The summed E-state index contributed by atoms with van der Waals surface area (Å²) in [6, 6.07) is 6.68. The molecule has 20 heavy (non-hydrogen) atoms. The van der Waals surface area contributed by atoms with E-state index in [-0.39, 0.29) is 6.04 Å². The molecule has 0 aliphatic carbocycles. The predicted molar refractivity (Wildman–Crippen MR) is 86.0 cm³/mol. The Morgan fingerprint density at radius 1 is 1.20 bits per heavy atom. The molecule has 0 radical (unpaired) electrons. The van der Waals surface area contributed by atoms with E-state index < -0.39 is 0 Å². The lowest BCUT2D eigenvalue weighted by atomic mass is 10.0. The van der Waals surface area contributed by atoms with Gasteiger partial charge in [-0.1, -0.05) is 18.2 Å². The second-order valence-corrected chi connectivity index (χ2v) is 6.26. The molecule has 0 amide bonds. The lowest BCUT2D eigenvalue weighted by Crippen LogP contribution is -2.35. The second kappa shape index (κ2) is 7.21. The van der Waals surface area contributed by atoms with E-state index in [2.05, 4.69) is 48.9 Å². The lowest BCUT2D eigenvalue weighted by molar-refractivity contribution is 0.248. The molecule has 1 aliphatic heterocycles. The molecule has 1 atom stereocenters. The Morgan fingerprint density at radius 2 is 1.90 bits per heavy atom. The average molecular weight is 275 g/mol. The number of benzene rings is 1. The van der Waals surface area contributed by atoms with Crippen LogP contribution in [-0.4, -0.2) is 49.6 Å². The number of hydrogen-bond donors (Lipinski definition) is 1. The molecule has 1 aromatic rings. The topological polar surface area (TPSA) is 32.5 Å². The van der Waals surface area contributed by atoms with Crippen LogP contribution in [0.5, 0.6) is 0 Å². The fraction of sp³-hybridized carbons (Fsp3) is 0.647. The van der Waals surface area contributed by atoms with Crippen LogP contribution in [0, 0.1) is 13.8 Å². The zero-order valence-electron chi connectivity index (χ0n) is 13.2. The molecule has 0 aromatic heterocycles. The summed E-state index contributed by atoms with van der Waals surface area (Å²) in [7, 11) is 2.18. The largest absolute Gasteiger partial charge is 0.323 e. The van der Waals surface area contributed by atoms with Crippen molar-refractivity contribution in [1.29, 1.82) is 0 Å². The smallest absolute Gasteiger partial charge is 0.0424 e. The van der Waals surface area contributed by atoms with Crippen molar-refractivity contribution in [2.75, 3.05) is 39.8 Å². The first-order chi connectivity index (χ1) is 9.56. The highest BCUT2D eigenvalue weighted by atomic mass is 15.2. The lowest BCUT2D eigenvalue weighted by Gasteiger charge is -2.24. The maximum absolute atomic E-state index is 6.34. The van der Waals surface area contributed by atoms with Gasteiger partial charge in [0.15, 0.2) is 0 Å². The summed E-state index contributed by atoms with van der Waals surface area (Å²) in [5, 5.41) is 0. The van der Waals surface area contributed by atoms with E-state index in [4.69, 9.17) is 5.73 Å². The van der Waals surface area contributed by atoms with E-state index in [1.807, 2.05) is 0 Å². The number of rotatable bonds is 6. The van der Waals surface area contributed by atoms with Crippen LogP contribution in [0.2, 0.25) is 0 Å². The van der Waals surface area contributed by atoms with Crippen LogP contribution in [0.3, 0.4) is 0 Å². The standard InChI is InChI=1S/C17H29N3/c1-14-6-7-16(12-15(14)2)17(18)13-19(3)10-11-20-8-4-5-9-20/h6-7,12,17H,4-5,8-11,13,18H2,1-3H3.